The zero-order chi connectivity index (χ0) is 17.4. The van der Waals surface area contributed by atoms with Gasteiger partial charge in [-0.25, -0.2) is 9.37 Å². The standard InChI is InChI=1S/C18H19FN4O2/c1-11-8-13(25-22-11)10-17(24)23-7-3-2-4-16(23)18-20-14-6-5-12(19)9-15(14)21-18/h5-6,8-9,16H,2-4,7,10H2,1H3,(H,20,21)/t16-/m0/s1. The second-order valence-electron chi connectivity index (χ2n) is 6.49. The van der Waals surface area contributed by atoms with Crippen LogP contribution in [0.15, 0.2) is 28.8 Å². The van der Waals surface area contributed by atoms with E-state index in [4.69, 9.17) is 4.52 Å². The van der Waals surface area contributed by atoms with Gasteiger partial charge in [0.1, 0.15) is 17.4 Å². The van der Waals surface area contributed by atoms with Crippen LogP contribution in [0.25, 0.3) is 11.0 Å². The first-order valence-corrected chi connectivity index (χ1v) is 8.47. The third-order valence-corrected chi connectivity index (χ3v) is 4.60. The number of imidazole rings is 1. The molecule has 0 bridgehead atoms. The van der Waals surface area contributed by atoms with Gasteiger partial charge in [-0.05, 0) is 44.4 Å². The number of amides is 1. The van der Waals surface area contributed by atoms with Crippen molar-refractivity contribution < 1.29 is 13.7 Å². The predicted octanol–water partition coefficient (Wildman–Crippen LogP) is 3.29. The van der Waals surface area contributed by atoms with E-state index in [0.29, 0.717) is 29.2 Å². The lowest BCUT2D eigenvalue weighted by Crippen LogP contribution is -2.39. The molecule has 1 aliphatic rings. The number of H-pyrrole nitrogens is 1. The van der Waals surface area contributed by atoms with Crippen LogP contribution in [0.2, 0.25) is 0 Å². The van der Waals surface area contributed by atoms with Gasteiger partial charge in [-0.3, -0.25) is 4.79 Å². The van der Waals surface area contributed by atoms with Crippen LogP contribution < -0.4 is 0 Å². The Kier molecular flexibility index (Phi) is 3.99. The minimum absolute atomic E-state index is 0.00696. The summed E-state index contributed by atoms with van der Waals surface area (Å²) in [5, 5.41) is 3.83. The van der Waals surface area contributed by atoms with Gasteiger partial charge in [-0.1, -0.05) is 5.16 Å². The van der Waals surface area contributed by atoms with E-state index in [1.165, 1.54) is 12.1 Å². The molecule has 1 aliphatic heterocycles. The van der Waals surface area contributed by atoms with E-state index < -0.39 is 0 Å². The summed E-state index contributed by atoms with van der Waals surface area (Å²) < 4.78 is 18.6. The van der Waals surface area contributed by atoms with E-state index >= 15 is 0 Å². The maximum absolute atomic E-state index is 13.4. The average Bonchev–Trinajstić information content (AvgIpc) is 3.20. The maximum atomic E-state index is 13.4. The van der Waals surface area contributed by atoms with Gasteiger partial charge in [0.2, 0.25) is 5.91 Å². The van der Waals surface area contributed by atoms with Gasteiger partial charge in [-0.15, -0.1) is 0 Å². The molecule has 1 saturated heterocycles. The van der Waals surface area contributed by atoms with Crippen LogP contribution in [-0.4, -0.2) is 32.5 Å². The third kappa shape index (κ3) is 3.14. The van der Waals surface area contributed by atoms with E-state index in [1.54, 1.807) is 12.1 Å². The molecule has 0 radical (unpaired) electrons. The molecular weight excluding hydrogens is 323 g/mol. The van der Waals surface area contributed by atoms with Crippen molar-refractivity contribution >= 4 is 16.9 Å². The fraction of sp³-hybridized carbons (Fsp3) is 0.389. The Hall–Kier alpha value is -2.70. The number of nitrogens with one attached hydrogen (secondary N) is 1. The summed E-state index contributed by atoms with van der Waals surface area (Å²) in [6.45, 7) is 2.51. The normalized spacial score (nSPS) is 18.0. The Balaban J connectivity index is 1.60. The summed E-state index contributed by atoms with van der Waals surface area (Å²) in [4.78, 5) is 22.4. The molecule has 0 spiro atoms. The van der Waals surface area contributed by atoms with Crippen LogP contribution >= 0.6 is 0 Å². The number of aromatic nitrogens is 3. The second kappa shape index (κ2) is 6.31. The highest BCUT2D eigenvalue weighted by Crippen LogP contribution is 2.31. The number of aromatic amines is 1. The number of nitrogens with zero attached hydrogens (tertiary/aromatic N) is 3. The van der Waals surface area contributed by atoms with Gasteiger partial charge in [0.25, 0.3) is 0 Å². The molecule has 3 heterocycles. The summed E-state index contributed by atoms with van der Waals surface area (Å²) in [6, 6.07) is 6.12. The van der Waals surface area contributed by atoms with E-state index in [9.17, 15) is 9.18 Å². The van der Waals surface area contributed by atoms with Crippen molar-refractivity contribution in [3.8, 4) is 0 Å². The molecular formula is C18H19FN4O2. The molecule has 1 atom stereocenters. The molecule has 1 fully saturated rings. The highest BCUT2D eigenvalue weighted by atomic mass is 19.1. The van der Waals surface area contributed by atoms with Gasteiger partial charge >= 0.3 is 0 Å². The third-order valence-electron chi connectivity index (χ3n) is 4.60. The maximum Gasteiger partial charge on any atom is 0.230 e. The van der Waals surface area contributed by atoms with Crippen molar-refractivity contribution in [3.05, 3.63) is 47.4 Å². The topological polar surface area (TPSA) is 75.0 Å². The Morgan fingerprint density at radius 3 is 3.08 bits per heavy atom. The van der Waals surface area contributed by atoms with E-state index in [0.717, 1.165) is 25.0 Å². The van der Waals surface area contributed by atoms with Crippen LogP contribution in [-0.2, 0) is 11.2 Å². The molecule has 0 aliphatic carbocycles. The summed E-state index contributed by atoms with van der Waals surface area (Å²) in [5.74, 6) is 0.966. The summed E-state index contributed by atoms with van der Waals surface area (Å²) >= 11 is 0. The van der Waals surface area contributed by atoms with Gasteiger partial charge < -0.3 is 14.4 Å². The number of piperidine rings is 1. The number of carbonyl (C=O) groups excluding carboxylic acids is 1. The van der Waals surface area contributed by atoms with Crippen LogP contribution in [0.1, 0.15) is 42.6 Å². The smallest absolute Gasteiger partial charge is 0.230 e. The van der Waals surface area contributed by atoms with Crippen molar-refractivity contribution in [3.63, 3.8) is 0 Å². The lowest BCUT2D eigenvalue weighted by atomic mass is 10.0. The molecule has 130 valence electrons. The Labute approximate surface area is 144 Å². The number of hydrogen-bond donors (Lipinski definition) is 1. The quantitative estimate of drug-likeness (QED) is 0.792. The zero-order valence-corrected chi connectivity index (χ0v) is 14.0. The molecule has 3 aromatic rings. The lowest BCUT2D eigenvalue weighted by molar-refractivity contribution is -0.134. The second-order valence-corrected chi connectivity index (χ2v) is 6.49. The summed E-state index contributed by atoms with van der Waals surface area (Å²) in [6.07, 6.45) is 3.02. The van der Waals surface area contributed by atoms with Crippen LogP contribution in [0, 0.1) is 12.7 Å². The molecule has 1 N–H and O–H groups in total. The number of likely N-dealkylation sites (tertiary alicyclic amines) is 1. The van der Waals surface area contributed by atoms with E-state index in [-0.39, 0.29) is 24.2 Å². The van der Waals surface area contributed by atoms with E-state index in [1.807, 2.05) is 11.8 Å². The predicted molar refractivity (Wildman–Crippen MR) is 89.3 cm³/mol. The summed E-state index contributed by atoms with van der Waals surface area (Å²) in [7, 11) is 0. The SMILES string of the molecule is Cc1cc(CC(=O)N2CCCC[C@H]2c2nc3ccc(F)cc3[nH]2)on1. The summed E-state index contributed by atoms with van der Waals surface area (Å²) in [5.41, 5.74) is 2.12. The number of fused-ring (bicyclic) bond motifs is 1. The Bertz CT molecular complexity index is 917. The number of halogens is 1. The van der Waals surface area contributed by atoms with Gasteiger partial charge in [0.05, 0.1) is 29.2 Å². The highest BCUT2D eigenvalue weighted by Gasteiger charge is 2.30. The van der Waals surface area contributed by atoms with Gasteiger partial charge in [0, 0.05) is 12.6 Å². The van der Waals surface area contributed by atoms with Crippen molar-refractivity contribution in [2.45, 2.75) is 38.6 Å². The van der Waals surface area contributed by atoms with E-state index in [2.05, 4.69) is 15.1 Å². The molecule has 0 unspecified atom stereocenters. The first kappa shape index (κ1) is 15.8. The van der Waals surface area contributed by atoms with Crippen molar-refractivity contribution in [2.24, 2.45) is 0 Å². The monoisotopic (exact) mass is 342 g/mol. The fourth-order valence-corrected chi connectivity index (χ4v) is 3.42. The van der Waals surface area contributed by atoms with Crippen molar-refractivity contribution in [2.75, 3.05) is 6.54 Å². The van der Waals surface area contributed by atoms with Crippen molar-refractivity contribution in [1.82, 2.24) is 20.0 Å². The molecule has 1 amide bonds. The average molecular weight is 342 g/mol. The van der Waals surface area contributed by atoms with Crippen molar-refractivity contribution in [1.29, 1.82) is 0 Å². The van der Waals surface area contributed by atoms with Gasteiger partial charge in [-0.2, -0.15) is 0 Å². The molecule has 2 aromatic heterocycles. The lowest BCUT2D eigenvalue weighted by Gasteiger charge is -2.34. The molecule has 1 aromatic carbocycles. The van der Waals surface area contributed by atoms with Gasteiger partial charge in [0.15, 0.2) is 0 Å². The molecule has 0 saturated carbocycles. The molecule has 25 heavy (non-hydrogen) atoms. The number of hydrogen-bond acceptors (Lipinski definition) is 4. The number of aryl methyl sites for hydroxylation is 1. The zero-order valence-electron chi connectivity index (χ0n) is 14.0. The van der Waals surface area contributed by atoms with Crippen LogP contribution in [0.4, 0.5) is 4.39 Å². The minimum Gasteiger partial charge on any atom is -0.361 e. The largest absolute Gasteiger partial charge is 0.361 e. The molecule has 7 heteroatoms. The number of rotatable bonds is 3. The highest BCUT2D eigenvalue weighted by molar-refractivity contribution is 5.79. The van der Waals surface area contributed by atoms with Crippen LogP contribution in [0.5, 0.6) is 0 Å². The fourth-order valence-electron chi connectivity index (χ4n) is 3.42. The Morgan fingerprint density at radius 1 is 1.40 bits per heavy atom. The first-order valence-electron chi connectivity index (χ1n) is 8.47. The van der Waals surface area contributed by atoms with Crippen LogP contribution in [0.3, 0.4) is 0 Å². The number of benzene rings is 1. The molecule has 4 rings (SSSR count). The first-order chi connectivity index (χ1) is 12.1. The Morgan fingerprint density at radius 2 is 2.28 bits per heavy atom. The molecule has 6 nitrogen and oxygen atoms in total. The minimum atomic E-state index is -0.306. The number of carbonyl (C=O) groups is 1.